The van der Waals surface area contributed by atoms with Gasteiger partial charge in [0.1, 0.15) is 0 Å². The fourth-order valence-electron chi connectivity index (χ4n) is 1.70. The molecule has 0 N–H and O–H groups in total. The molecule has 0 fully saturated rings. The van der Waals surface area contributed by atoms with Crippen LogP contribution in [0.1, 0.15) is 18.4 Å². The monoisotopic (exact) mass is 209 g/mol. The van der Waals surface area contributed by atoms with E-state index in [2.05, 4.69) is 11.1 Å². The minimum absolute atomic E-state index is 0.162. The molecule has 0 radical (unpaired) electrons. The van der Waals surface area contributed by atoms with Gasteiger partial charge in [-0.25, -0.2) is 4.98 Å². The Labute approximate surface area is 88.6 Å². The molecule has 1 aliphatic carbocycles. The van der Waals surface area contributed by atoms with E-state index in [0.717, 1.165) is 18.4 Å². The molecule has 3 heteroatoms. The van der Waals surface area contributed by atoms with Crippen molar-refractivity contribution in [2.24, 2.45) is 0 Å². The highest BCUT2D eigenvalue weighted by atomic mass is 35.5. The molecule has 0 amide bonds. The van der Waals surface area contributed by atoms with Gasteiger partial charge in [0.05, 0.1) is 12.5 Å². The number of nitrogens with zero attached hydrogens (tertiary/aromatic N) is 1. The van der Waals surface area contributed by atoms with E-state index in [4.69, 9.17) is 16.3 Å². The molecule has 1 aliphatic rings. The highest BCUT2D eigenvalue weighted by Crippen LogP contribution is 2.34. The Hall–Kier alpha value is -1.02. The molecule has 1 heterocycles. The molecular formula is C11H12ClNO. The van der Waals surface area contributed by atoms with Crippen LogP contribution in [0.5, 0.6) is 5.88 Å². The fraction of sp³-hybridized carbons (Fsp3) is 0.364. The van der Waals surface area contributed by atoms with Gasteiger partial charge in [-0.1, -0.05) is 6.08 Å². The Morgan fingerprint density at radius 1 is 1.57 bits per heavy atom. The molecule has 0 saturated carbocycles. The second-order valence-corrected chi connectivity index (χ2v) is 3.87. The molecule has 1 aromatic heterocycles. The number of hydrogen-bond acceptors (Lipinski definition) is 2. The molecule has 0 saturated heterocycles. The highest BCUT2D eigenvalue weighted by Gasteiger charge is 2.17. The molecule has 0 aliphatic heterocycles. The van der Waals surface area contributed by atoms with Crippen molar-refractivity contribution in [2.75, 3.05) is 7.11 Å². The number of hydrogen-bond donors (Lipinski definition) is 0. The van der Waals surface area contributed by atoms with E-state index in [0.29, 0.717) is 5.88 Å². The fourth-order valence-corrected chi connectivity index (χ4v) is 1.96. The minimum Gasteiger partial charge on any atom is -0.481 e. The summed E-state index contributed by atoms with van der Waals surface area (Å²) in [6.07, 6.45) is 5.84. The van der Waals surface area contributed by atoms with Crippen LogP contribution in [-0.4, -0.2) is 17.5 Å². The average Bonchev–Trinajstić information content (AvgIpc) is 2.65. The largest absolute Gasteiger partial charge is 0.481 e. The van der Waals surface area contributed by atoms with E-state index < -0.39 is 0 Å². The van der Waals surface area contributed by atoms with Crippen molar-refractivity contribution in [3.05, 3.63) is 30.0 Å². The Morgan fingerprint density at radius 3 is 3.07 bits per heavy atom. The van der Waals surface area contributed by atoms with Crippen LogP contribution in [-0.2, 0) is 0 Å². The SMILES string of the molecule is COc1ncccc1C1=CC(Cl)CC1. The first-order chi connectivity index (χ1) is 6.81. The standard InChI is InChI=1S/C11H12ClNO/c1-14-11-10(3-2-6-13-11)8-4-5-9(12)7-8/h2-3,6-7,9H,4-5H2,1H3. The summed E-state index contributed by atoms with van der Waals surface area (Å²) in [5, 5.41) is 0.162. The first-order valence-electron chi connectivity index (χ1n) is 4.65. The average molecular weight is 210 g/mol. The number of pyridine rings is 1. The van der Waals surface area contributed by atoms with Crippen molar-refractivity contribution in [1.82, 2.24) is 4.98 Å². The Kier molecular flexibility index (Phi) is 2.73. The third kappa shape index (κ3) is 1.75. The highest BCUT2D eigenvalue weighted by molar-refractivity contribution is 6.22. The quantitative estimate of drug-likeness (QED) is 0.699. The molecule has 1 aromatic rings. The molecule has 74 valence electrons. The Morgan fingerprint density at radius 2 is 2.43 bits per heavy atom. The van der Waals surface area contributed by atoms with Gasteiger partial charge in [-0.2, -0.15) is 0 Å². The number of alkyl halides is 1. The number of methoxy groups -OCH3 is 1. The first kappa shape index (κ1) is 9.53. The predicted octanol–water partition coefficient (Wildman–Crippen LogP) is 2.87. The molecular weight excluding hydrogens is 198 g/mol. The van der Waals surface area contributed by atoms with Crippen LogP contribution >= 0.6 is 11.6 Å². The van der Waals surface area contributed by atoms with Crippen molar-refractivity contribution >= 4 is 17.2 Å². The number of ether oxygens (including phenoxy) is 1. The number of allylic oxidation sites excluding steroid dienone is 2. The third-order valence-electron chi connectivity index (χ3n) is 2.38. The molecule has 2 nitrogen and oxygen atoms in total. The van der Waals surface area contributed by atoms with E-state index in [9.17, 15) is 0 Å². The Balaban J connectivity index is 2.36. The van der Waals surface area contributed by atoms with Crippen LogP contribution in [0.4, 0.5) is 0 Å². The van der Waals surface area contributed by atoms with Gasteiger partial charge >= 0.3 is 0 Å². The third-order valence-corrected chi connectivity index (χ3v) is 2.73. The number of aromatic nitrogens is 1. The van der Waals surface area contributed by atoms with E-state index >= 15 is 0 Å². The minimum atomic E-state index is 0.162. The van der Waals surface area contributed by atoms with E-state index in [1.165, 1.54) is 5.57 Å². The summed E-state index contributed by atoms with van der Waals surface area (Å²) in [5.74, 6) is 0.685. The van der Waals surface area contributed by atoms with Gasteiger partial charge in [-0.3, -0.25) is 0 Å². The van der Waals surface area contributed by atoms with Crippen LogP contribution in [0.25, 0.3) is 5.57 Å². The lowest BCUT2D eigenvalue weighted by Crippen LogP contribution is -1.92. The van der Waals surface area contributed by atoms with Gasteiger partial charge < -0.3 is 4.74 Å². The first-order valence-corrected chi connectivity index (χ1v) is 5.09. The van der Waals surface area contributed by atoms with Gasteiger partial charge in [0.25, 0.3) is 0 Å². The predicted molar refractivity (Wildman–Crippen MR) is 57.6 cm³/mol. The summed E-state index contributed by atoms with van der Waals surface area (Å²) >= 11 is 6.01. The van der Waals surface area contributed by atoms with Gasteiger partial charge in [-0.05, 0) is 30.5 Å². The van der Waals surface area contributed by atoms with Gasteiger partial charge in [-0.15, -0.1) is 11.6 Å². The molecule has 2 rings (SSSR count). The summed E-state index contributed by atoms with van der Waals surface area (Å²) in [7, 11) is 1.64. The molecule has 14 heavy (non-hydrogen) atoms. The summed E-state index contributed by atoms with van der Waals surface area (Å²) in [6, 6.07) is 3.94. The maximum atomic E-state index is 6.01. The zero-order valence-corrected chi connectivity index (χ0v) is 8.79. The van der Waals surface area contributed by atoms with Crippen LogP contribution in [0.15, 0.2) is 24.4 Å². The van der Waals surface area contributed by atoms with Crippen molar-refractivity contribution in [2.45, 2.75) is 18.2 Å². The smallest absolute Gasteiger partial charge is 0.220 e. The summed E-state index contributed by atoms with van der Waals surface area (Å²) in [6.45, 7) is 0. The van der Waals surface area contributed by atoms with Crippen LogP contribution in [0.2, 0.25) is 0 Å². The molecule has 0 spiro atoms. The maximum Gasteiger partial charge on any atom is 0.220 e. The maximum absolute atomic E-state index is 6.01. The zero-order chi connectivity index (χ0) is 9.97. The van der Waals surface area contributed by atoms with Crippen molar-refractivity contribution in [3.8, 4) is 5.88 Å². The van der Waals surface area contributed by atoms with Gasteiger partial charge in [0.2, 0.25) is 5.88 Å². The molecule has 1 atom stereocenters. The molecule has 0 aromatic carbocycles. The second kappa shape index (κ2) is 4.01. The van der Waals surface area contributed by atoms with E-state index in [-0.39, 0.29) is 5.38 Å². The normalized spacial score (nSPS) is 20.7. The van der Waals surface area contributed by atoms with Crippen molar-refractivity contribution in [3.63, 3.8) is 0 Å². The van der Waals surface area contributed by atoms with Crippen molar-refractivity contribution < 1.29 is 4.74 Å². The van der Waals surface area contributed by atoms with Crippen LogP contribution in [0.3, 0.4) is 0 Å². The topological polar surface area (TPSA) is 22.1 Å². The zero-order valence-electron chi connectivity index (χ0n) is 8.03. The van der Waals surface area contributed by atoms with E-state index in [1.54, 1.807) is 13.3 Å². The number of rotatable bonds is 2. The lowest BCUT2D eigenvalue weighted by atomic mass is 10.1. The summed E-state index contributed by atoms with van der Waals surface area (Å²) in [4.78, 5) is 4.16. The second-order valence-electron chi connectivity index (χ2n) is 3.31. The summed E-state index contributed by atoms with van der Waals surface area (Å²) < 4.78 is 5.20. The Bertz CT molecular complexity index is 362. The van der Waals surface area contributed by atoms with Gasteiger partial charge in [0, 0.05) is 11.8 Å². The lowest BCUT2D eigenvalue weighted by molar-refractivity contribution is 0.396. The summed E-state index contributed by atoms with van der Waals surface area (Å²) in [5.41, 5.74) is 2.31. The van der Waals surface area contributed by atoms with Crippen LogP contribution in [0, 0.1) is 0 Å². The number of halogens is 1. The van der Waals surface area contributed by atoms with Crippen LogP contribution < -0.4 is 4.74 Å². The molecule has 0 bridgehead atoms. The lowest BCUT2D eigenvalue weighted by Gasteiger charge is -2.06. The van der Waals surface area contributed by atoms with E-state index in [1.807, 2.05) is 12.1 Å². The van der Waals surface area contributed by atoms with Crippen molar-refractivity contribution in [1.29, 1.82) is 0 Å². The van der Waals surface area contributed by atoms with Gasteiger partial charge in [0.15, 0.2) is 0 Å². The molecule has 1 unspecified atom stereocenters.